The molecule has 3 nitrogen and oxygen atoms in total. The summed E-state index contributed by atoms with van der Waals surface area (Å²) >= 11 is 0. The molecule has 1 aromatic rings. The smallest absolute Gasteiger partial charge is 0.307 e. The molecule has 0 aliphatic carbocycles. The third kappa shape index (κ3) is 3.30. The largest absolute Gasteiger partial charge is 0.469 e. The van der Waals surface area contributed by atoms with Crippen LogP contribution in [0.2, 0.25) is 0 Å². The number of carbonyl (C=O) groups is 1. The molecule has 0 saturated carbocycles. The van der Waals surface area contributed by atoms with Crippen molar-refractivity contribution in [2.75, 3.05) is 13.7 Å². The van der Waals surface area contributed by atoms with Crippen molar-refractivity contribution < 1.29 is 9.53 Å². The van der Waals surface area contributed by atoms with Crippen molar-refractivity contribution in [2.45, 2.75) is 31.8 Å². The van der Waals surface area contributed by atoms with Gasteiger partial charge >= 0.3 is 5.97 Å². The van der Waals surface area contributed by atoms with Crippen LogP contribution in [-0.2, 0) is 16.1 Å². The Morgan fingerprint density at radius 1 is 1.41 bits per heavy atom. The molecule has 92 valence electrons. The molecule has 1 atom stereocenters. The lowest BCUT2D eigenvalue weighted by molar-refractivity contribution is -0.141. The van der Waals surface area contributed by atoms with Crippen LogP contribution >= 0.6 is 0 Å². The first kappa shape index (κ1) is 12.1. The van der Waals surface area contributed by atoms with Crippen LogP contribution < -0.4 is 0 Å². The van der Waals surface area contributed by atoms with Crippen molar-refractivity contribution in [1.82, 2.24) is 4.90 Å². The maximum atomic E-state index is 11.3. The van der Waals surface area contributed by atoms with Crippen molar-refractivity contribution >= 4 is 5.97 Å². The van der Waals surface area contributed by atoms with E-state index in [0.717, 1.165) is 19.5 Å². The van der Waals surface area contributed by atoms with Gasteiger partial charge in [-0.05, 0) is 24.9 Å². The van der Waals surface area contributed by atoms with Crippen LogP contribution in [0.5, 0.6) is 0 Å². The van der Waals surface area contributed by atoms with Crippen molar-refractivity contribution in [1.29, 1.82) is 0 Å². The Labute approximate surface area is 102 Å². The number of nitrogens with zero attached hydrogens (tertiary/aromatic N) is 1. The van der Waals surface area contributed by atoms with Crippen LogP contribution in [0.15, 0.2) is 30.3 Å². The van der Waals surface area contributed by atoms with Crippen molar-refractivity contribution in [3.8, 4) is 0 Å². The fraction of sp³-hybridized carbons (Fsp3) is 0.500. The summed E-state index contributed by atoms with van der Waals surface area (Å²) in [6.07, 6.45) is 2.79. The summed E-state index contributed by atoms with van der Waals surface area (Å²) in [5.41, 5.74) is 1.31. The molecule has 0 bridgehead atoms. The molecule has 1 aliphatic rings. The van der Waals surface area contributed by atoms with Crippen LogP contribution in [0, 0.1) is 0 Å². The second-order valence-corrected chi connectivity index (χ2v) is 4.53. The Bertz CT molecular complexity index is 364. The zero-order valence-electron chi connectivity index (χ0n) is 10.3. The van der Waals surface area contributed by atoms with E-state index in [1.165, 1.54) is 19.1 Å². The van der Waals surface area contributed by atoms with Gasteiger partial charge in [0.25, 0.3) is 0 Å². The maximum Gasteiger partial charge on any atom is 0.307 e. The maximum absolute atomic E-state index is 11.3. The minimum atomic E-state index is -0.102. The first-order valence-electron chi connectivity index (χ1n) is 6.14. The van der Waals surface area contributed by atoms with E-state index in [9.17, 15) is 4.79 Å². The third-order valence-corrected chi connectivity index (χ3v) is 3.36. The molecule has 3 heteroatoms. The molecule has 1 aliphatic heterocycles. The highest BCUT2D eigenvalue weighted by Gasteiger charge is 2.26. The van der Waals surface area contributed by atoms with Gasteiger partial charge in [0.15, 0.2) is 0 Å². The van der Waals surface area contributed by atoms with Crippen LogP contribution in [0.4, 0.5) is 0 Å². The predicted molar refractivity (Wildman–Crippen MR) is 66.5 cm³/mol. The Morgan fingerprint density at radius 3 is 2.88 bits per heavy atom. The first-order chi connectivity index (χ1) is 8.29. The molecule has 0 amide bonds. The van der Waals surface area contributed by atoms with Gasteiger partial charge in [-0.1, -0.05) is 30.3 Å². The number of benzene rings is 1. The summed E-state index contributed by atoms with van der Waals surface area (Å²) in [4.78, 5) is 13.7. The summed E-state index contributed by atoms with van der Waals surface area (Å²) in [5, 5.41) is 0. The number of likely N-dealkylation sites (tertiary alicyclic amines) is 1. The summed E-state index contributed by atoms with van der Waals surface area (Å²) in [5.74, 6) is -0.102. The number of ether oxygens (including phenoxy) is 1. The molecule has 0 spiro atoms. The monoisotopic (exact) mass is 233 g/mol. The van der Waals surface area contributed by atoms with Crippen LogP contribution in [0.1, 0.15) is 24.8 Å². The molecule has 17 heavy (non-hydrogen) atoms. The summed E-state index contributed by atoms with van der Waals surface area (Å²) < 4.78 is 4.75. The highest BCUT2D eigenvalue weighted by Crippen LogP contribution is 2.22. The van der Waals surface area contributed by atoms with Gasteiger partial charge in [-0.3, -0.25) is 9.69 Å². The normalized spacial score (nSPS) is 20.4. The van der Waals surface area contributed by atoms with Crippen molar-refractivity contribution in [2.24, 2.45) is 0 Å². The number of carbonyl (C=O) groups excluding carboxylic acids is 1. The molecule has 0 unspecified atom stereocenters. The summed E-state index contributed by atoms with van der Waals surface area (Å²) in [6.45, 7) is 2.01. The Kier molecular flexibility index (Phi) is 4.15. The Morgan fingerprint density at radius 2 is 2.18 bits per heavy atom. The van der Waals surface area contributed by atoms with Gasteiger partial charge < -0.3 is 4.74 Å². The quantitative estimate of drug-likeness (QED) is 0.747. The number of hydrogen-bond acceptors (Lipinski definition) is 3. The molecular formula is C14H19NO2. The van der Waals surface area contributed by atoms with Gasteiger partial charge in [-0.25, -0.2) is 0 Å². The molecule has 0 radical (unpaired) electrons. The van der Waals surface area contributed by atoms with E-state index in [0.29, 0.717) is 12.5 Å². The van der Waals surface area contributed by atoms with Crippen LogP contribution in [0.3, 0.4) is 0 Å². The van der Waals surface area contributed by atoms with E-state index < -0.39 is 0 Å². The minimum Gasteiger partial charge on any atom is -0.469 e. The predicted octanol–water partition coefficient (Wildman–Crippen LogP) is 2.21. The molecule has 2 rings (SSSR count). The second kappa shape index (κ2) is 5.82. The number of esters is 1. The molecule has 0 N–H and O–H groups in total. The van der Waals surface area contributed by atoms with Gasteiger partial charge in [0.2, 0.25) is 0 Å². The lowest BCUT2D eigenvalue weighted by Crippen LogP contribution is -2.31. The average molecular weight is 233 g/mol. The minimum absolute atomic E-state index is 0.102. The summed E-state index contributed by atoms with van der Waals surface area (Å²) in [6, 6.07) is 10.8. The lowest BCUT2D eigenvalue weighted by Gasteiger charge is -2.23. The van der Waals surface area contributed by atoms with Crippen molar-refractivity contribution in [3.05, 3.63) is 35.9 Å². The summed E-state index contributed by atoms with van der Waals surface area (Å²) in [7, 11) is 1.46. The Hall–Kier alpha value is -1.35. The van der Waals surface area contributed by atoms with Crippen molar-refractivity contribution in [3.63, 3.8) is 0 Å². The fourth-order valence-corrected chi connectivity index (χ4v) is 2.43. The molecule has 1 saturated heterocycles. The van der Waals surface area contributed by atoms with E-state index in [4.69, 9.17) is 4.74 Å². The van der Waals surface area contributed by atoms with Gasteiger partial charge in [0, 0.05) is 12.6 Å². The molecular weight excluding hydrogens is 214 g/mol. The zero-order valence-corrected chi connectivity index (χ0v) is 10.3. The van der Waals surface area contributed by atoms with E-state index in [1.807, 2.05) is 6.07 Å². The molecule has 1 heterocycles. The number of methoxy groups -OCH3 is 1. The topological polar surface area (TPSA) is 29.5 Å². The van der Waals surface area contributed by atoms with E-state index in [1.54, 1.807) is 0 Å². The Balaban J connectivity index is 1.93. The molecule has 1 aromatic carbocycles. The zero-order chi connectivity index (χ0) is 12.1. The standard InChI is InChI=1S/C14H19NO2/c1-17-14(16)10-13-8-5-9-15(13)11-12-6-3-2-4-7-12/h2-4,6-7,13H,5,8-11H2,1H3/t13-/m1/s1. The SMILES string of the molecule is COC(=O)C[C@H]1CCCN1Cc1ccccc1. The second-order valence-electron chi connectivity index (χ2n) is 4.53. The first-order valence-corrected chi connectivity index (χ1v) is 6.14. The van der Waals surface area contributed by atoms with E-state index in [-0.39, 0.29) is 5.97 Å². The number of rotatable bonds is 4. The lowest BCUT2D eigenvalue weighted by atomic mass is 10.1. The average Bonchev–Trinajstić information content (AvgIpc) is 2.78. The van der Waals surface area contributed by atoms with Crippen LogP contribution in [-0.4, -0.2) is 30.6 Å². The van der Waals surface area contributed by atoms with Gasteiger partial charge in [-0.15, -0.1) is 0 Å². The van der Waals surface area contributed by atoms with E-state index >= 15 is 0 Å². The van der Waals surface area contributed by atoms with E-state index in [2.05, 4.69) is 29.2 Å². The number of hydrogen-bond donors (Lipinski definition) is 0. The van der Waals surface area contributed by atoms with Gasteiger partial charge in [-0.2, -0.15) is 0 Å². The molecule has 1 fully saturated rings. The molecule has 0 aromatic heterocycles. The fourth-order valence-electron chi connectivity index (χ4n) is 2.43. The highest BCUT2D eigenvalue weighted by atomic mass is 16.5. The van der Waals surface area contributed by atoms with Gasteiger partial charge in [0.1, 0.15) is 0 Å². The highest BCUT2D eigenvalue weighted by molar-refractivity contribution is 5.69. The van der Waals surface area contributed by atoms with Crippen LogP contribution in [0.25, 0.3) is 0 Å². The third-order valence-electron chi connectivity index (χ3n) is 3.36. The van der Waals surface area contributed by atoms with Gasteiger partial charge in [0.05, 0.1) is 13.5 Å².